The molecule has 1 unspecified atom stereocenters. The van der Waals surface area contributed by atoms with Crippen molar-refractivity contribution in [3.63, 3.8) is 0 Å². The van der Waals surface area contributed by atoms with Gasteiger partial charge < -0.3 is 14.8 Å². The molecule has 2 heterocycles. The fraction of sp³-hybridized carbons (Fsp3) is 0.600. The molecule has 0 spiro atoms. The number of imide groups is 1. The fourth-order valence-electron chi connectivity index (χ4n) is 4.00. The molecule has 2 amide bonds. The van der Waals surface area contributed by atoms with Crippen molar-refractivity contribution in [3.05, 3.63) is 41.6 Å². The monoisotopic (exact) mass is 469 g/mol. The minimum absolute atomic E-state index is 0. The average molecular weight is 470 g/mol. The number of hydrogen-bond donors (Lipinski definition) is 2. The Morgan fingerprint density at radius 3 is 2.18 bits per heavy atom. The third-order valence-corrected chi connectivity index (χ3v) is 5.87. The van der Waals surface area contributed by atoms with Crippen molar-refractivity contribution < 1.29 is 53.1 Å². The molecule has 1 aromatic carbocycles. The van der Waals surface area contributed by atoms with Crippen LogP contribution < -0.4 is 40.2 Å². The summed E-state index contributed by atoms with van der Waals surface area (Å²) in [5.41, 5.74) is 0.808. The second-order valence-electron chi connectivity index (χ2n) is 8.57. The van der Waals surface area contributed by atoms with Crippen LogP contribution in [0.25, 0.3) is 0 Å². The van der Waals surface area contributed by atoms with Gasteiger partial charge in [0.15, 0.2) is 0 Å². The number of amides is 2. The molecule has 3 aliphatic rings. The van der Waals surface area contributed by atoms with Crippen molar-refractivity contribution in [2.75, 3.05) is 13.2 Å². The Morgan fingerprint density at radius 2 is 1.67 bits per heavy atom. The van der Waals surface area contributed by atoms with E-state index in [0.29, 0.717) is 30.9 Å². The maximum Gasteiger partial charge on any atom is 1.00 e. The Labute approximate surface area is 219 Å². The molecule has 8 heteroatoms. The minimum atomic E-state index is -0.425. The van der Waals surface area contributed by atoms with Crippen LogP contribution in [0.5, 0.6) is 0 Å². The van der Waals surface area contributed by atoms with E-state index >= 15 is 0 Å². The number of benzene rings is 1. The van der Waals surface area contributed by atoms with Crippen molar-refractivity contribution in [1.82, 2.24) is 10.6 Å². The van der Waals surface area contributed by atoms with E-state index in [-0.39, 0.29) is 52.5 Å². The molecule has 1 aliphatic carbocycles. The van der Waals surface area contributed by atoms with Gasteiger partial charge in [0.1, 0.15) is 0 Å². The van der Waals surface area contributed by atoms with Crippen LogP contribution in [0.15, 0.2) is 12.1 Å². The van der Waals surface area contributed by atoms with Gasteiger partial charge in [-0.3, -0.25) is 37.3 Å². The SMILES string of the molecule is C1CCC(NC2CCCOC2)CC1.O=C1CCCC(=O)N1.[CH2-]c1c([C-]=O)ccc(C)c1F.[Na+]. The standard InChI is InChI=1S/C11H21NO.C9H7FO.C5H7NO2.Na/c1-2-5-10(6-3-1)12-11-7-4-8-13-9-11;1-6-3-4-8(5-11)7(2)9(6)10;7-4-2-1-3-5(8)6-4;/h10-12H,1-9H2;3-4H,2H2,1H3;1-3H2,(H,6,7,8);/q;-2;;+1. The molecule has 1 saturated carbocycles. The number of nitrogens with one attached hydrogen (secondary N) is 2. The summed E-state index contributed by atoms with van der Waals surface area (Å²) in [4.78, 5) is 30.8. The minimum Gasteiger partial charge on any atom is -0.391 e. The van der Waals surface area contributed by atoms with Gasteiger partial charge in [-0.15, -0.1) is 6.07 Å². The van der Waals surface area contributed by atoms with E-state index in [0.717, 1.165) is 19.3 Å². The van der Waals surface area contributed by atoms with Crippen molar-refractivity contribution >= 4 is 18.1 Å². The summed E-state index contributed by atoms with van der Waals surface area (Å²) in [5.74, 6) is -0.701. The topological polar surface area (TPSA) is 84.5 Å². The third kappa shape index (κ3) is 11.1. The average Bonchev–Trinajstić information content (AvgIpc) is 2.80. The van der Waals surface area contributed by atoms with Crippen molar-refractivity contribution in [3.8, 4) is 0 Å². The van der Waals surface area contributed by atoms with Crippen molar-refractivity contribution in [2.24, 2.45) is 0 Å². The van der Waals surface area contributed by atoms with Crippen LogP contribution in [0.3, 0.4) is 0 Å². The van der Waals surface area contributed by atoms with Gasteiger partial charge in [-0.05, 0) is 44.2 Å². The van der Waals surface area contributed by atoms with E-state index in [2.05, 4.69) is 17.6 Å². The van der Waals surface area contributed by atoms with Gasteiger partial charge in [0.25, 0.3) is 0 Å². The zero-order chi connectivity index (χ0) is 23.3. The Kier molecular flexibility index (Phi) is 14.8. The zero-order valence-electron chi connectivity index (χ0n) is 20.0. The molecule has 0 aromatic heterocycles. The number of carbonyl (C=O) groups excluding carboxylic acids is 3. The van der Waals surface area contributed by atoms with E-state index in [9.17, 15) is 18.8 Å². The first-order valence-electron chi connectivity index (χ1n) is 11.6. The fourth-order valence-corrected chi connectivity index (χ4v) is 4.00. The number of hydrogen-bond acceptors (Lipinski definition) is 5. The van der Waals surface area contributed by atoms with Crippen LogP contribution in [0.4, 0.5) is 4.39 Å². The molecule has 2 saturated heterocycles. The number of rotatable bonds is 3. The normalized spacial score (nSPS) is 20.7. The Bertz CT molecular complexity index is 733. The number of piperidine rings is 1. The first-order valence-corrected chi connectivity index (χ1v) is 11.6. The summed E-state index contributed by atoms with van der Waals surface area (Å²) in [6.45, 7) is 6.95. The summed E-state index contributed by atoms with van der Waals surface area (Å²) in [6, 6.07) is 4.48. The summed E-state index contributed by atoms with van der Waals surface area (Å²) in [5, 5.41) is 5.93. The molecular formula is C25H35FN2NaO4-. The molecule has 2 aliphatic heterocycles. The molecule has 1 atom stereocenters. The second kappa shape index (κ2) is 16.4. The van der Waals surface area contributed by atoms with E-state index in [1.54, 1.807) is 13.2 Å². The maximum atomic E-state index is 12.9. The summed E-state index contributed by atoms with van der Waals surface area (Å²) in [7, 11) is 0. The molecule has 0 radical (unpaired) electrons. The van der Waals surface area contributed by atoms with E-state index < -0.39 is 5.82 Å². The van der Waals surface area contributed by atoms with E-state index in [1.807, 2.05) is 0 Å². The van der Waals surface area contributed by atoms with Crippen LogP contribution in [0.1, 0.15) is 80.9 Å². The first-order chi connectivity index (χ1) is 15.4. The van der Waals surface area contributed by atoms with Crippen LogP contribution >= 0.6 is 0 Å². The Balaban J connectivity index is 0.000000251. The Morgan fingerprint density at radius 1 is 1.03 bits per heavy atom. The smallest absolute Gasteiger partial charge is 0.391 e. The van der Waals surface area contributed by atoms with Gasteiger partial charge in [0.2, 0.25) is 11.8 Å². The largest absolute Gasteiger partial charge is 1.00 e. The van der Waals surface area contributed by atoms with Gasteiger partial charge in [0, 0.05) is 31.5 Å². The van der Waals surface area contributed by atoms with Crippen LogP contribution in [0.2, 0.25) is 0 Å². The summed E-state index contributed by atoms with van der Waals surface area (Å²) < 4.78 is 18.4. The predicted octanol–water partition coefficient (Wildman–Crippen LogP) is 0.679. The summed E-state index contributed by atoms with van der Waals surface area (Å²) >= 11 is 0. The molecule has 4 rings (SSSR count). The molecule has 0 bridgehead atoms. The molecule has 178 valence electrons. The molecule has 3 fully saturated rings. The van der Waals surface area contributed by atoms with Crippen LogP contribution in [-0.4, -0.2) is 43.4 Å². The third-order valence-electron chi connectivity index (χ3n) is 5.87. The maximum absolute atomic E-state index is 12.9. The van der Waals surface area contributed by atoms with E-state index in [4.69, 9.17) is 4.74 Å². The molecule has 1 aromatic rings. The van der Waals surface area contributed by atoms with Crippen LogP contribution in [-0.2, 0) is 19.1 Å². The Hall–Kier alpha value is -1.25. The van der Waals surface area contributed by atoms with Gasteiger partial charge in [-0.25, -0.2) is 6.07 Å². The number of carbonyl (C=O) groups is 2. The number of halogens is 1. The number of ether oxygens (including phenoxy) is 1. The zero-order valence-corrected chi connectivity index (χ0v) is 22.0. The quantitative estimate of drug-likeness (QED) is 0.387. The molecule has 6 nitrogen and oxygen atoms in total. The van der Waals surface area contributed by atoms with E-state index in [1.165, 1.54) is 57.1 Å². The van der Waals surface area contributed by atoms with Gasteiger partial charge in [-0.1, -0.05) is 31.7 Å². The van der Waals surface area contributed by atoms with Gasteiger partial charge >= 0.3 is 29.6 Å². The van der Waals surface area contributed by atoms with Crippen molar-refractivity contribution in [1.29, 1.82) is 0 Å². The first kappa shape index (κ1) is 29.8. The van der Waals surface area contributed by atoms with Gasteiger partial charge in [-0.2, -0.15) is 0 Å². The molecule has 33 heavy (non-hydrogen) atoms. The second-order valence-corrected chi connectivity index (χ2v) is 8.57. The molecule has 2 N–H and O–H groups in total. The van der Waals surface area contributed by atoms with Crippen LogP contribution in [0, 0.1) is 19.7 Å². The number of aryl methyl sites for hydroxylation is 1. The van der Waals surface area contributed by atoms with Crippen molar-refractivity contribution in [2.45, 2.75) is 83.2 Å². The molecular weight excluding hydrogens is 434 g/mol. The predicted molar refractivity (Wildman–Crippen MR) is 121 cm³/mol. The summed E-state index contributed by atoms with van der Waals surface area (Å²) in [6.07, 6.45) is 12.9. The van der Waals surface area contributed by atoms with Gasteiger partial charge in [0.05, 0.1) is 6.61 Å².